The lowest BCUT2D eigenvalue weighted by Crippen LogP contribution is -2.19. The molecule has 0 radical (unpaired) electrons. The molecule has 0 amide bonds. The molecular formula is C11H18N4S. The van der Waals surface area contributed by atoms with Crippen LogP contribution in [0.3, 0.4) is 0 Å². The maximum atomic E-state index is 5.75. The lowest BCUT2D eigenvalue weighted by Gasteiger charge is -2.18. The van der Waals surface area contributed by atoms with Crippen molar-refractivity contribution in [3.63, 3.8) is 0 Å². The van der Waals surface area contributed by atoms with E-state index in [1.807, 2.05) is 11.8 Å². The molecule has 1 aromatic heterocycles. The molecule has 88 valence electrons. The summed E-state index contributed by atoms with van der Waals surface area (Å²) in [5.41, 5.74) is 5.68. The zero-order chi connectivity index (χ0) is 11.8. The van der Waals surface area contributed by atoms with Crippen molar-refractivity contribution in [2.45, 2.75) is 44.3 Å². The maximum absolute atomic E-state index is 5.75. The van der Waals surface area contributed by atoms with Crippen molar-refractivity contribution < 1.29 is 0 Å². The van der Waals surface area contributed by atoms with Gasteiger partial charge in [0, 0.05) is 5.41 Å². The lowest BCUT2D eigenvalue weighted by molar-refractivity contribution is 0.536. The smallest absolute Gasteiger partial charge is 0.223 e. The summed E-state index contributed by atoms with van der Waals surface area (Å²) in [6.07, 6.45) is 2.39. The molecule has 5 heteroatoms. The van der Waals surface area contributed by atoms with Crippen molar-refractivity contribution in [1.82, 2.24) is 15.0 Å². The Hall–Kier alpha value is -0.840. The molecular weight excluding hydrogens is 220 g/mol. The minimum Gasteiger partial charge on any atom is -0.368 e. The number of nitrogen functional groups attached to an aromatic ring is 1. The first-order valence-corrected chi connectivity index (χ1v) is 6.65. The molecule has 0 aliphatic carbocycles. The van der Waals surface area contributed by atoms with Crippen LogP contribution in [0.2, 0.25) is 0 Å². The molecule has 1 saturated heterocycles. The topological polar surface area (TPSA) is 64.7 Å². The van der Waals surface area contributed by atoms with E-state index in [0.717, 1.165) is 18.1 Å². The van der Waals surface area contributed by atoms with Crippen LogP contribution >= 0.6 is 11.8 Å². The third-order valence-corrected chi connectivity index (χ3v) is 3.93. The molecule has 1 aliphatic heterocycles. The van der Waals surface area contributed by atoms with Crippen molar-refractivity contribution in [2.24, 2.45) is 0 Å². The summed E-state index contributed by atoms with van der Waals surface area (Å²) in [5, 5.41) is 0.409. The second-order valence-corrected chi connectivity index (χ2v) is 6.44. The fourth-order valence-corrected chi connectivity index (χ4v) is 2.88. The predicted octanol–water partition coefficient (Wildman–Crippen LogP) is 2.32. The number of rotatable bonds is 1. The average Bonchev–Trinajstić information content (AvgIpc) is 2.68. The zero-order valence-corrected chi connectivity index (χ0v) is 10.8. The number of aromatic nitrogens is 3. The van der Waals surface area contributed by atoms with E-state index in [1.165, 1.54) is 12.2 Å². The summed E-state index contributed by atoms with van der Waals surface area (Å²) >= 11 is 1.92. The number of hydrogen-bond acceptors (Lipinski definition) is 5. The second kappa shape index (κ2) is 4.20. The third-order valence-electron chi connectivity index (χ3n) is 2.56. The number of hydrogen-bond donors (Lipinski definition) is 1. The SMILES string of the molecule is CC(C)(C)c1nc(N)nc(C2CCCS2)n1. The summed E-state index contributed by atoms with van der Waals surface area (Å²) in [7, 11) is 0. The van der Waals surface area contributed by atoms with Gasteiger partial charge in [-0.3, -0.25) is 0 Å². The van der Waals surface area contributed by atoms with Crippen LogP contribution in [0.1, 0.15) is 50.5 Å². The standard InChI is InChI=1S/C11H18N4S/c1-11(2,3)9-13-8(14-10(12)15-9)7-5-4-6-16-7/h7H,4-6H2,1-3H3,(H2,12,13,14,15). The average molecular weight is 238 g/mol. The molecule has 0 saturated carbocycles. The molecule has 1 atom stereocenters. The van der Waals surface area contributed by atoms with Crippen molar-refractivity contribution in [3.05, 3.63) is 11.6 Å². The van der Waals surface area contributed by atoms with E-state index in [9.17, 15) is 0 Å². The van der Waals surface area contributed by atoms with Gasteiger partial charge in [-0.25, -0.2) is 4.98 Å². The molecule has 1 aromatic rings. The van der Waals surface area contributed by atoms with E-state index in [0.29, 0.717) is 11.2 Å². The monoisotopic (exact) mass is 238 g/mol. The first-order valence-electron chi connectivity index (χ1n) is 5.60. The molecule has 0 spiro atoms. The normalized spacial score (nSPS) is 21.3. The number of thioether (sulfide) groups is 1. The van der Waals surface area contributed by atoms with Crippen LogP contribution in [0, 0.1) is 0 Å². The first-order chi connectivity index (χ1) is 7.47. The van der Waals surface area contributed by atoms with Crippen molar-refractivity contribution in [2.75, 3.05) is 11.5 Å². The molecule has 2 heterocycles. The van der Waals surface area contributed by atoms with Gasteiger partial charge >= 0.3 is 0 Å². The van der Waals surface area contributed by atoms with Gasteiger partial charge in [-0.1, -0.05) is 20.8 Å². The Bertz CT molecular complexity index is 380. The Balaban J connectivity index is 2.35. The summed E-state index contributed by atoms with van der Waals surface area (Å²) in [5.74, 6) is 3.20. The minimum absolute atomic E-state index is 0.0743. The molecule has 4 nitrogen and oxygen atoms in total. The molecule has 0 bridgehead atoms. The van der Waals surface area contributed by atoms with E-state index >= 15 is 0 Å². The van der Waals surface area contributed by atoms with E-state index in [4.69, 9.17) is 5.73 Å². The molecule has 2 N–H and O–H groups in total. The molecule has 0 aromatic carbocycles. The third kappa shape index (κ3) is 2.45. The summed E-state index contributed by atoms with van der Waals surface area (Å²) < 4.78 is 0. The fraction of sp³-hybridized carbons (Fsp3) is 0.727. The van der Waals surface area contributed by atoms with Crippen LogP contribution in [-0.2, 0) is 5.41 Å². The Kier molecular flexibility index (Phi) is 3.06. The largest absolute Gasteiger partial charge is 0.368 e. The Morgan fingerprint density at radius 2 is 2.00 bits per heavy atom. The highest BCUT2D eigenvalue weighted by atomic mass is 32.2. The highest BCUT2D eigenvalue weighted by Crippen LogP contribution is 2.38. The highest BCUT2D eigenvalue weighted by Gasteiger charge is 2.25. The summed E-state index contributed by atoms with van der Waals surface area (Å²) in [6, 6.07) is 0. The van der Waals surface area contributed by atoms with Gasteiger partial charge in [-0.15, -0.1) is 0 Å². The van der Waals surface area contributed by atoms with Gasteiger partial charge in [-0.05, 0) is 18.6 Å². The maximum Gasteiger partial charge on any atom is 0.223 e. The second-order valence-electron chi connectivity index (χ2n) is 5.13. The number of anilines is 1. The fourth-order valence-electron chi connectivity index (χ4n) is 1.67. The quantitative estimate of drug-likeness (QED) is 0.813. The van der Waals surface area contributed by atoms with E-state index < -0.39 is 0 Å². The Morgan fingerprint density at radius 1 is 1.25 bits per heavy atom. The van der Waals surface area contributed by atoms with Gasteiger partial charge < -0.3 is 5.73 Å². The van der Waals surface area contributed by atoms with Gasteiger partial charge in [0.2, 0.25) is 5.95 Å². The van der Waals surface area contributed by atoms with E-state index in [-0.39, 0.29) is 5.41 Å². The van der Waals surface area contributed by atoms with Crippen LogP contribution in [0.25, 0.3) is 0 Å². The first kappa shape index (κ1) is 11.6. The van der Waals surface area contributed by atoms with Gasteiger partial charge in [0.15, 0.2) is 0 Å². The van der Waals surface area contributed by atoms with Crippen molar-refractivity contribution >= 4 is 17.7 Å². The van der Waals surface area contributed by atoms with Crippen molar-refractivity contribution in [3.8, 4) is 0 Å². The zero-order valence-electron chi connectivity index (χ0n) is 10.0. The van der Waals surface area contributed by atoms with Gasteiger partial charge in [-0.2, -0.15) is 21.7 Å². The van der Waals surface area contributed by atoms with Crippen molar-refractivity contribution in [1.29, 1.82) is 0 Å². The van der Waals surface area contributed by atoms with Crippen LogP contribution < -0.4 is 5.73 Å². The van der Waals surface area contributed by atoms with E-state index in [2.05, 4.69) is 35.7 Å². The molecule has 1 fully saturated rings. The lowest BCUT2D eigenvalue weighted by atomic mass is 9.96. The predicted molar refractivity (Wildman–Crippen MR) is 67.4 cm³/mol. The minimum atomic E-state index is -0.0743. The molecule has 1 aliphatic rings. The molecule has 1 unspecified atom stereocenters. The number of nitrogens with zero attached hydrogens (tertiary/aromatic N) is 3. The van der Waals surface area contributed by atoms with Crippen LogP contribution in [-0.4, -0.2) is 20.7 Å². The summed E-state index contributed by atoms with van der Waals surface area (Å²) in [4.78, 5) is 13.1. The van der Waals surface area contributed by atoms with Gasteiger partial charge in [0.05, 0.1) is 5.25 Å². The number of nitrogens with two attached hydrogens (primary N) is 1. The van der Waals surface area contributed by atoms with Gasteiger partial charge in [0.25, 0.3) is 0 Å². The van der Waals surface area contributed by atoms with E-state index in [1.54, 1.807) is 0 Å². The van der Waals surface area contributed by atoms with Gasteiger partial charge in [0.1, 0.15) is 11.6 Å². The molecule has 2 rings (SSSR count). The van der Waals surface area contributed by atoms with Crippen LogP contribution in [0.5, 0.6) is 0 Å². The molecule has 16 heavy (non-hydrogen) atoms. The van der Waals surface area contributed by atoms with Crippen LogP contribution in [0.15, 0.2) is 0 Å². The summed E-state index contributed by atoms with van der Waals surface area (Å²) in [6.45, 7) is 6.27. The Labute approximate surface area is 100 Å². The Morgan fingerprint density at radius 3 is 2.56 bits per heavy atom. The highest BCUT2D eigenvalue weighted by molar-refractivity contribution is 7.99. The van der Waals surface area contributed by atoms with Crippen LogP contribution in [0.4, 0.5) is 5.95 Å².